The molecule has 0 saturated carbocycles. The Kier molecular flexibility index (Phi) is 4.03. The molecule has 1 aliphatic carbocycles. The van der Waals surface area contributed by atoms with Crippen LogP contribution in [0.3, 0.4) is 0 Å². The van der Waals surface area contributed by atoms with Crippen LogP contribution < -0.4 is 5.32 Å². The van der Waals surface area contributed by atoms with Gasteiger partial charge in [-0.15, -0.1) is 0 Å². The lowest BCUT2D eigenvalue weighted by atomic mass is 10.0. The van der Waals surface area contributed by atoms with Gasteiger partial charge in [0.2, 0.25) is 0 Å². The number of benzene rings is 1. The Morgan fingerprint density at radius 1 is 1.38 bits per heavy atom. The molecule has 0 aromatic heterocycles. The number of hydrogen-bond donors (Lipinski definition) is 1. The molecular formula is C14H18ClN. The summed E-state index contributed by atoms with van der Waals surface area (Å²) in [4.78, 5) is 0. The second-order valence-electron chi connectivity index (χ2n) is 4.45. The lowest BCUT2D eigenvalue weighted by Gasteiger charge is -2.19. The van der Waals surface area contributed by atoms with Crippen molar-refractivity contribution in [3.05, 3.63) is 46.5 Å². The van der Waals surface area contributed by atoms with Gasteiger partial charge in [0, 0.05) is 17.6 Å². The fourth-order valence-electron chi connectivity index (χ4n) is 2.06. The summed E-state index contributed by atoms with van der Waals surface area (Å²) in [7, 11) is 0. The Morgan fingerprint density at radius 3 is 2.94 bits per heavy atom. The van der Waals surface area contributed by atoms with Crippen LogP contribution >= 0.6 is 11.6 Å². The van der Waals surface area contributed by atoms with E-state index in [0.717, 1.165) is 23.6 Å². The topological polar surface area (TPSA) is 12.0 Å². The molecule has 0 saturated heterocycles. The Bertz CT molecular complexity index is 384. The molecule has 2 heteroatoms. The summed E-state index contributed by atoms with van der Waals surface area (Å²) in [5.41, 5.74) is 2.47. The minimum atomic E-state index is 0.640. The van der Waals surface area contributed by atoms with Gasteiger partial charge < -0.3 is 5.32 Å². The molecule has 86 valence electrons. The summed E-state index contributed by atoms with van der Waals surface area (Å²) in [5, 5.41) is 4.44. The quantitative estimate of drug-likeness (QED) is 0.785. The molecule has 2 rings (SSSR count). The van der Waals surface area contributed by atoms with Crippen LogP contribution in [0.5, 0.6) is 0 Å². The first-order valence-corrected chi connectivity index (χ1v) is 6.27. The summed E-state index contributed by atoms with van der Waals surface area (Å²) in [6, 6.07) is 6.88. The highest BCUT2D eigenvalue weighted by Gasteiger charge is 2.08. The number of hydrogen-bond acceptors (Lipinski definition) is 1. The van der Waals surface area contributed by atoms with Crippen molar-refractivity contribution in [1.82, 2.24) is 5.32 Å². The van der Waals surface area contributed by atoms with Crippen molar-refractivity contribution in [3.8, 4) is 0 Å². The van der Waals surface area contributed by atoms with Crippen molar-refractivity contribution < 1.29 is 0 Å². The zero-order chi connectivity index (χ0) is 11.4. The van der Waals surface area contributed by atoms with Gasteiger partial charge in [-0.25, -0.2) is 0 Å². The van der Waals surface area contributed by atoms with Gasteiger partial charge in [0.1, 0.15) is 0 Å². The van der Waals surface area contributed by atoms with E-state index in [1.54, 1.807) is 0 Å². The van der Waals surface area contributed by atoms with E-state index in [9.17, 15) is 0 Å². The molecule has 1 atom stereocenters. The van der Waals surface area contributed by atoms with E-state index in [1.807, 2.05) is 6.07 Å². The standard InChI is InChI=1S/C14H18ClN/c1-11-9-12(7-8-14(11)15)10-16-13-5-3-2-4-6-13/h2-3,7-9,13,16H,4-6,10H2,1H3. The molecule has 1 N–H and O–H groups in total. The summed E-state index contributed by atoms with van der Waals surface area (Å²) >= 11 is 6.00. The minimum Gasteiger partial charge on any atom is -0.310 e. The van der Waals surface area contributed by atoms with Crippen molar-refractivity contribution in [2.24, 2.45) is 0 Å². The van der Waals surface area contributed by atoms with Gasteiger partial charge in [-0.1, -0.05) is 35.9 Å². The van der Waals surface area contributed by atoms with Gasteiger partial charge in [-0.3, -0.25) is 0 Å². The normalized spacial score (nSPS) is 20.0. The fraction of sp³-hybridized carbons (Fsp3) is 0.429. The molecule has 0 bridgehead atoms. The van der Waals surface area contributed by atoms with Gasteiger partial charge in [0.05, 0.1) is 0 Å². The molecule has 0 spiro atoms. The molecule has 1 unspecified atom stereocenters. The maximum Gasteiger partial charge on any atom is 0.0435 e. The van der Waals surface area contributed by atoms with Gasteiger partial charge in [-0.05, 0) is 43.4 Å². The Hall–Kier alpha value is -0.790. The van der Waals surface area contributed by atoms with Crippen molar-refractivity contribution in [3.63, 3.8) is 0 Å². The van der Waals surface area contributed by atoms with Crippen LogP contribution in [0, 0.1) is 6.92 Å². The number of halogens is 1. The molecule has 16 heavy (non-hydrogen) atoms. The average molecular weight is 236 g/mol. The molecular weight excluding hydrogens is 218 g/mol. The number of rotatable bonds is 3. The van der Waals surface area contributed by atoms with Crippen molar-refractivity contribution >= 4 is 11.6 Å². The Labute approximate surface area is 103 Å². The number of nitrogens with one attached hydrogen (secondary N) is 1. The summed E-state index contributed by atoms with van der Waals surface area (Å²) < 4.78 is 0. The van der Waals surface area contributed by atoms with Gasteiger partial charge >= 0.3 is 0 Å². The van der Waals surface area contributed by atoms with Crippen LogP contribution in [0.2, 0.25) is 5.02 Å². The summed E-state index contributed by atoms with van der Waals surface area (Å²) in [5.74, 6) is 0. The van der Waals surface area contributed by atoms with E-state index in [-0.39, 0.29) is 0 Å². The van der Waals surface area contributed by atoms with Crippen LogP contribution in [0.15, 0.2) is 30.4 Å². The van der Waals surface area contributed by atoms with Crippen molar-refractivity contribution in [2.75, 3.05) is 0 Å². The van der Waals surface area contributed by atoms with Gasteiger partial charge in [-0.2, -0.15) is 0 Å². The smallest absolute Gasteiger partial charge is 0.0435 e. The first kappa shape index (κ1) is 11.7. The summed E-state index contributed by atoms with van der Waals surface area (Å²) in [6.45, 7) is 2.99. The van der Waals surface area contributed by atoms with E-state index in [0.29, 0.717) is 6.04 Å². The molecule has 0 heterocycles. The molecule has 0 aliphatic heterocycles. The van der Waals surface area contributed by atoms with Crippen LogP contribution in [0.25, 0.3) is 0 Å². The van der Waals surface area contributed by atoms with E-state index in [4.69, 9.17) is 11.6 Å². The Morgan fingerprint density at radius 2 is 2.25 bits per heavy atom. The molecule has 1 aromatic rings. The second kappa shape index (κ2) is 5.51. The lowest BCUT2D eigenvalue weighted by molar-refractivity contribution is 0.474. The number of allylic oxidation sites excluding steroid dienone is 1. The fourth-order valence-corrected chi connectivity index (χ4v) is 2.18. The minimum absolute atomic E-state index is 0.640. The monoisotopic (exact) mass is 235 g/mol. The van der Waals surface area contributed by atoms with Crippen LogP contribution in [0.1, 0.15) is 30.4 Å². The third kappa shape index (κ3) is 3.10. The van der Waals surface area contributed by atoms with E-state index in [1.165, 1.54) is 18.4 Å². The largest absolute Gasteiger partial charge is 0.310 e. The molecule has 0 radical (unpaired) electrons. The van der Waals surface area contributed by atoms with Gasteiger partial charge in [0.15, 0.2) is 0 Å². The highest BCUT2D eigenvalue weighted by molar-refractivity contribution is 6.31. The first-order chi connectivity index (χ1) is 7.75. The predicted octanol–water partition coefficient (Wildman–Crippen LogP) is 3.85. The third-order valence-corrected chi connectivity index (χ3v) is 3.51. The SMILES string of the molecule is Cc1cc(CNC2CC=CCC2)ccc1Cl. The first-order valence-electron chi connectivity index (χ1n) is 5.89. The number of aryl methyl sites for hydroxylation is 1. The zero-order valence-corrected chi connectivity index (χ0v) is 10.4. The van der Waals surface area contributed by atoms with Crippen LogP contribution in [-0.2, 0) is 6.54 Å². The van der Waals surface area contributed by atoms with Crippen molar-refractivity contribution in [1.29, 1.82) is 0 Å². The van der Waals surface area contributed by atoms with Crippen LogP contribution in [0.4, 0.5) is 0 Å². The van der Waals surface area contributed by atoms with Crippen molar-refractivity contribution in [2.45, 2.75) is 38.8 Å². The zero-order valence-electron chi connectivity index (χ0n) is 9.67. The molecule has 1 aliphatic rings. The Balaban J connectivity index is 1.89. The van der Waals surface area contributed by atoms with E-state index < -0.39 is 0 Å². The molecule has 1 aromatic carbocycles. The average Bonchev–Trinajstić information content (AvgIpc) is 2.32. The molecule has 1 nitrogen and oxygen atoms in total. The van der Waals surface area contributed by atoms with Gasteiger partial charge in [0.25, 0.3) is 0 Å². The highest BCUT2D eigenvalue weighted by Crippen LogP contribution is 2.17. The van der Waals surface area contributed by atoms with Crippen LogP contribution in [-0.4, -0.2) is 6.04 Å². The maximum absolute atomic E-state index is 6.00. The third-order valence-electron chi connectivity index (χ3n) is 3.09. The molecule has 0 amide bonds. The second-order valence-corrected chi connectivity index (χ2v) is 4.85. The predicted molar refractivity (Wildman–Crippen MR) is 69.8 cm³/mol. The van der Waals surface area contributed by atoms with E-state index in [2.05, 4.69) is 36.5 Å². The lowest BCUT2D eigenvalue weighted by Crippen LogP contribution is -2.29. The summed E-state index contributed by atoms with van der Waals surface area (Å²) in [6.07, 6.45) is 8.16. The molecule has 0 fully saturated rings. The highest BCUT2D eigenvalue weighted by atomic mass is 35.5. The van der Waals surface area contributed by atoms with E-state index >= 15 is 0 Å². The maximum atomic E-state index is 6.00.